The number of nitrogens with zero attached hydrogens (tertiary/aromatic N) is 4. The lowest BCUT2D eigenvalue weighted by Gasteiger charge is -2.48. The number of aryl methyl sites for hydroxylation is 1. The molecular weight excluding hydrogens is 470 g/mol. The zero-order valence-corrected chi connectivity index (χ0v) is 21.4. The van der Waals surface area contributed by atoms with Gasteiger partial charge in [-0.05, 0) is 45.4 Å². The normalized spacial score (nSPS) is 25.2. The molecule has 5 rings (SSSR count). The van der Waals surface area contributed by atoms with Gasteiger partial charge in [-0.2, -0.15) is 19.4 Å². The Labute approximate surface area is 206 Å². The Morgan fingerprint density at radius 2 is 1.97 bits per heavy atom. The van der Waals surface area contributed by atoms with E-state index in [1.54, 1.807) is 18.3 Å². The van der Waals surface area contributed by atoms with Crippen molar-refractivity contribution in [3.8, 4) is 5.88 Å². The number of ether oxygens (including phenoxy) is 2. The summed E-state index contributed by atoms with van der Waals surface area (Å²) in [4.78, 5) is 9.44. The van der Waals surface area contributed by atoms with Crippen molar-refractivity contribution in [3.05, 3.63) is 17.3 Å². The van der Waals surface area contributed by atoms with Crippen molar-refractivity contribution < 1.29 is 17.9 Å². The highest BCUT2D eigenvalue weighted by molar-refractivity contribution is 7.89. The molecule has 3 aliphatic heterocycles. The maximum atomic E-state index is 12.9. The molecule has 2 aromatic heterocycles. The number of piperidine rings is 2. The average molecular weight is 506 g/mol. The van der Waals surface area contributed by atoms with Crippen molar-refractivity contribution in [2.75, 3.05) is 43.3 Å². The minimum absolute atomic E-state index is 0.0187. The first kappa shape index (κ1) is 24.3. The van der Waals surface area contributed by atoms with Crippen LogP contribution in [0.15, 0.2) is 6.07 Å². The standard InChI is InChI=1S/C23H35N7O4S/c1-4-35(31,32)30-17-6-5-7-18(30)10-16(9-17)20-21(25-19-8-14(2)28-29-19)26-23(24-3)27-22(20)34-13-15-11-33-12-15/h8,15-18H,4-7,9-13H2,1-3H3,(H3,24,25,26,27,28,29)/t16-,17-,18+. The first-order valence-corrected chi connectivity index (χ1v) is 14.1. The molecule has 0 unspecified atom stereocenters. The molecule has 0 aromatic carbocycles. The van der Waals surface area contributed by atoms with Crippen LogP contribution in [0.25, 0.3) is 0 Å². The highest BCUT2D eigenvalue weighted by Crippen LogP contribution is 2.47. The molecule has 192 valence electrons. The van der Waals surface area contributed by atoms with Gasteiger partial charge in [-0.1, -0.05) is 6.42 Å². The SMILES string of the molecule is CCS(=O)(=O)N1[C@@H]2CCC[C@H]1C[C@H](c1c(Nc3cc(C)[nH]n3)nc(NC)nc1OCC1COC1)C2. The molecule has 5 heterocycles. The minimum atomic E-state index is -3.26. The third-order valence-corrected chi connectivity index (χ3v) is 9.22. The van der Waals surface area contributed by atoms with Crippen LogP contribution in [0.4, 0.5) is 17.6 Å². The molecule has 3 aliphatic rings. The first-order chi connectivity index (χ1) is 16.9. The largest absolute Gasteiger partial charge is 0.477 e. The van der Waals surface area contributed by atoms with E-state index >= 15 is 0 Å². The number of rotatable bonds is 9. The van der Waals surface area contributed by atoms with Gasteiger partial charge in [-0.3, -0.25) is 5.10 Å². The second-order valence-electron chi connectivity index (χ2n) is 9.78. The lowest BCUT2D eigenvalue weighted by atomic mass is 9.77. The molecule has 3 atom stereocenters. The summed E-state index contributed by atoms with van der Waals surface area (Å²) in [6.45, 7) is 5.57. The number of sulfonamides is 1. The maximum absolute atomic E-state index is 12.9. The zero-order valence-electron chi connectivity index (χ0n) is 20.6. The summed E-state index contributed by atoms with van der Waals surface area (Å²) in [5, 5.41) is 13.7. The third-order valence-electron chi connectivity index (χ3n) is 7.25. The Morgan fingerprint density at radius 1 is 1.23 bits per heavy atom. The Kier molecular flexibility index (Phi) is 6.86. The molecule has 0 amide bonds. The van der Waals surface area contributed by atoms with E-state index in [2.05, 4.69) is 20.8 Å². The van der Waals surface area contributed by atoms with Gasteiger partial charge in [-0.15, -0.1) is 0 Å². The molecule has 2 bridgehead atoms. The first-order valence-electron chi connectivity index (χ1n) is 12.5. The van der Waals surface area contributed by atoms with Crippen molar-refractivity contribution in [1.29, 1.82) is 0 Å². The number of fused-ring (bicyclic) bond motifs is 2. The fourth-order valence-corrected chi connectivity index (χ4v) is 7.08. The predicted octanol–water partition coefficient (Wildman–Crippen LogP) is 2.77. The zero-order chi connectivity index (χ0) is 24.6. The second-order valence-corrected chi connectivity index (χ2v) is 11.9. The van der Waals surface area contributed by atoms with Crippen molar-refractivity contribution >= 4 is 27.6 Å². The van der Waals surface area contributed by atoms with Gasteiger partial charge in [0.25, 0.3) is 0 Å². The topological polar surface area (TPSA) is 134 Å². The number of nitrogens with one attached hydrogen (secondary N) is 3. The molecule has 0 radical (unpaired) electrons. The van der Waals surface area contributed by atoms with E-state index in [1.165, 1.54) is 0 Å². The molecule has 0 aliphatic carbocycles. The lowest BCUT2D eigenvalue weighted by molar-refractivity contribution is -0.0516. The molecule has 3 fully saturated rings. The van der Waals surface area contributed by atoms with Crippen LogP contribution in [-0.2, 0) is 14.8 Å². The van der Waals surface area contributed by atoms with Crippen molar-refractivity contribution in [2.45, 2.75) is 64.0 Å². The van der Waals surface area contributed by atoms with Gasteiger partial charge in [0.1, 0.15) is 5.82 Å². The van der Waals surface area contributed by atoms with Crippen LogP contribution in [0.1, 0.15) is 56.2 Å². The van der Waals surface area contributed by atoms with Crippen LogP contribution in [0.2, 0.25) is 0 Å². The highest BCUT2D eigenvalue weighted by atomic mass is 32.2. The molecule has 11 nitrogen and oxygen atoms in total. The van der Waals surface area contributed by atoms with E-state index in [-0.39, 0.29) is 23.8 Å². The molecule has 3 N–H and O–H groups in total. The second kappa shape index (κ2) is 9.90. The summed E-state index contributed by atoms with van der Waals surface area (Å²) in [5.74, 6) is 2.84. The number of anilines is 3. The highest BCUT2D eigenvalue weighted by Gasteiger charge is 2.45. The number of hydrogen-bond donors (Lipinski definition) is 3. The minimum Gasteiger partial charge on any atom is -0.477 e. The van der Waals surface area contributed by atoms with Gasteiger partial charge in [0, 0.05) is 36.8 Å². The van der Waals surface area contributed by atoms with Gasteiger partial charge >= 0.3 is 0 Å². The van der Waals surface area contributed by atoms with Gasteiger partial charge in [-0.25, -0.2) is 8.42 Å². The summed E-state index contributed by atoms with van der Waals surface area (Å²) >= 11 is 0. The molecule has 2 aromatic rings. The van der Waals surface area contributed by atoms with E-state index in [0.29, 0.717) is 49.2 Å². The molecule has 3 saturated heterocycles. The summed E-state index contributed by atoms with van der Waals surface area (Å²) < 4.78 is 39.2. The monoisotopic (exact) mass is 505 g/mol. The smallest absolute Gasteiger partial charge is 0.227 e. The van der Waals surface area contributed by atoms with Crippen LogP contribution in [0.3, 0.4) is 0 Å². The van der Waals surface area contributed by atoms with Crippen molar-refractivity contribution in [3.63, 3.8) is 0 Å². The fraction of sp³-hybridized carbons (Fsp3) is 0.696. The van der Waals surface area contributed by atoms with E-state index < -0.39 is 10.0 Å². The van der Waals surface area contributed by atoms with Crippen molar-refractivity contribution in [1.82, 2.24) is 24.5 Å². The van der Waals surface area contributed by atoms with Gasteiger partial charge < -0.3 is 20.1 Å². The summed E-state index contributed by atoms with van der Waals surface area (Å²) in [7, 11) is -1.49. The van der Waals surface area contributed by atoms with Crippen LogP contribution in [-0.4, -0.2) is 77.6 Å². The van der Waals surface area contributed by atoms with Gasteiger partial charge in [0.2, 0.25) is 21.9 Å². The number of aromatic nitrogens is 4. The third kappa shape index (κ3) is 4.96. The Bertz CT molecular complexity index is 1140. The predicted molar refractivity (Wildman–Crippen MR) is 133 cm³/mol. The average Bonchev–Trinajstić information content (AvgIpc) is 3.21. The molecule has 0 spiro atoms. The van der Waals surface area contributed by atoms with E-state index in [0.717, 1.165) is 43.4 Å². The molecular formula is C23H35N7O4S. The summed E-state index contributed by atoms with van der Waals surface area (Å²) in [5.41, 5.74) is 1.83. The maximum Gasteiger partial charge on any atom is 0.227 e. The summed E-state index contributed by atoms with van der Waals surface area (Å²) in [6, 6.07) is 1.88. The van der Waals surface area contributed by atoms with E-state index in [4.69, 9.17) is 19.4 Å². The van der Waals surface area contributed by atoms with E-state index in [1.807, 2.05) is 13.0 Å². The van der Waals surface area contributed by atoms with Crippen LogP contribution >= 0.6 is 0 Å². The fourth-order valence-electron chi connectivity index (χ4n) is 5.49. The van der Waals surface area contributed by atoms with Crippen molar-refractivity contribution in [2.24, 2.45) is 5.92 Å². The van der Waals surface area contributed by atoms with Crippen LogP contribution in [0.5, 0.6) is 5.88 Å². The van der Waals surface area contributed by atoms with Gasteiger partial charge in [0.05, 0.1) is 31.1 Å². The lowest BCUT2D eigenvalue weighted by Crippen LogP contribution is -2.54. The molecule has 12 heteroatoms. The molecule has 0 saturated carbocycles. The Morgan fingerprint density at radius 3 is 2.54 bits per heavy atom. The number of aromatic amines is 1. The summed E-state index contributed by atoms with van der Waals surface area (Å²) in [6.07, 6.45) is 4.23. The number of H-pyrrole nitrogens is 1. The molecule has 35 heavy (non-hydrogen) atoms. The Hall–Kier alpha value is -2.44. The quantitative estimate of drug-likeness (QED) is 0.470. The van der Waals surface area contributed by atoms with Gasteiger partial charge in [0.15, 0.2) is 5.82 Å². The van der Waals surface area contributed by atoms with E-state index in [9.17, 15) is 8.42 Å². The number of hydrogen-bond acceptors (Lipinski definition) is 9. The van der Waals surface area contributed by atoms with Crippen LogP contribution < -0.4 is 15.4 Å². The Balaban J connectivity index is 1.52. The van der Waals surface area contributed by atoms with Crippen LogP contribution in [0, 0.1) is 12.8 Å².